The molecular formula is C29H33Cl2N3O4S. The second-order valence-electron chi connectivity index (χ2n) is 9.34. The molecule has 0 saturated heterocycles. The Balaban J connectivity index is 1.98. The molecule has 0 heterocycles. The van der Waals surface area contributed by atoms with E-state index in [1.807, 2.05) is 44.2 Å². The van der Waals surface area contributed by atoms with E-state index in [9.17, 15) is 18.0 Å². The molecule has 0 aliphatic carbocycles. The molecule has 0 aliphatic rings. The highest BCUT2D eigenvalue weighted by atomic mass is 35.5. The Morgan fingerprint density at radius 1 is 0.923 bits per heavy atom. The molecule has 0 saturated carbocycles. The predicted octanol–water partition coefficient (Wildman–Crippen LogP) is 5.09. The second kappa shape index (κ2) is 13.9. The summed E-state index contributed by atoms with van der Waals surface area (Å²) in [7, 11) is -2.59. The number of hydrogen-bond donors (Lipinski definition) is 1. The lowest BCUT2D eigenvalue weighted by Gasteiger charge is -2.32. The summed E-state index contributed by atoms with van der Waals surface area (Å²) >= 11 is 12.3. The molecule has 0 fully saturated rings. The Morgan fingerprint density at radius 2 is 1.59 bits per heavy atom. The van der Waals surface area contributed by atoms with Crippen molar-refractivity contribution in [3.05, 3.63) is 99.5 Å². The van der Waals surface area contributed by atoms with Gasteiger partial charge in [0.25, 0.3) is 0 Å². The maximum Gasteiger partial charge on any atom is 0.243 e. The van der Waals surface area contributed by atoms with E-state index >= 15 is 0 Å². The van der Waals surface area contributed by atoms with E-state index in [-0.39, 0.29) is 23.8 Å². The molecule has 0 unspecified atom stereocenters. The lowest BCUT2D eigenvalue weighted by atomic mass is 10.0. The number of carbonyl (C=O) groups is 2. The van der Waals surface area contributed by atoms with E-state index in [1.54, 1.807) is 30.3 Å². The highest BCUT2D eigenvalue weighted by Gasteiger charge is 2.33. The van der Waals surface area contributed by atoms with Crippen molar-refractivity contribution in [1.29, 1.82) is 0 Å². The van der Waals surface area contributed by atoms with Crippen LogP contribution in [0.15, 0.2) is 77.7 Å². The van der Waals surface area contributed by atoms with Crippen molar-refractivity contribution < 1.29 is 18.0 Å². The van der Waals surface area contributed by atoms with E-state index in [0.717, 1.165) is 21.9 Å². The van der Waals surface area contributed by atoms with Crippen LogP contribution in [0.4, 0.5) is 0 Å². The third-order valence-corrected chi connectivity index (χ3v) is 8.80. The first-order chi connectivity index (χ1) is 18.5. The van der Waals surface area contributed by atoms with Crippen molar-refractivity contribution in [2.75, 3.05) is 20.1 Å². The minimum atomic E-state index is -3.94. The van der Waals surface area contributed by atoms with Crippen molar-refractivity contribution in [2.24, 2.45) is 0 Å². The quantitative estimate of drug-likeness (QED) is 0.319. The number of aryl methyl sites for hydroxylation is 1. The largest absolute Gasteiger partial charge is 0.354 e. The van der Waals surface area contributed by atoms with Crippen molar-refractivity contribution in [3.8, 4) is 0 Å². The van der Waals surface area contributed by atoms with Crippen LogP contribution in [0.1, 0.15) is 30.0 Å². The van der Waals surface area contributed by atoms with Crippen LogP contribution in [-0.4, -0.2) is 55.6 Å². The molecule has 0 bridgehead atoms. The molecule has 3 aromatic rings. The van der Waals surface area contributed by atoms with Crippen LogP contribution in [0.5, 0.6) is 0 Å². The van der Waals surface area contributed by atoms with Crippen LogP contribution >= 0.6 is 23.2 Å². The highest BCUT2D eigenvalue weighted by molar-refractivity contribution is 7.89. The van der Waals surface area contributed by atoms with Crippen molar-refractivity contribution >= 4 is 45.0 Å². The van der Waals surface area contributed by atoms with Gasteiger partial charge in [0.05, 0.1) is 21.5 Å². The zero-order valence-corrected chi connectivity index (χ0v) is 24.6. The first kappa shape index (κ1) is 30.6. The van der Waals surface area contributed by atoms with Gasteiger partial charge in [0, 0.05) is 26.6 Å². The molecule has 3 rings (SSSR count). The average molecular weight is 591 g/mol. The number of hydrogen-bond acceptors (Lipinski definition) is 4. The average Bonchev–Trinajstić information content (AvgIpc) is 2.91. The van der Waals surface area contributed by atoms with E-state index < -0.39 is 28.5 Å². The zero-order valence-electron chi connectivity index (χ0n) is 22.2. The van der Waals surface area contributed by atoms with E-state index in [2.05, 4.69) is 5.32 Å². The molecule has 39 heavy (non-hydrogen) atoms. The van der Waals surface area contributed by atoms with Gasteiger partial charge in [-0.2, -0.15) is 4.31 Å². The van der Waals surface area contributed by atoms with Gasteiger partial charge in [-0.3, -0.25) is 9.59 Å². The summed E-state index contributed by atoms with van der Waals surface area (Å²) in [5.74, 6) is -0.843. The number of benzene rings is 3. The summed E-state index contributed by atoms with van der Waals surface area (Å²) in [4.78, 5) is 28.7. The summed E-state index contributed by atoms with van der Waals surface area (Å²) in [5.41, 5.74) is 2.44. The second-order valence-corrected chi connectivity index (χ2v) is 12.2. The highest BCUT2D eigenvalue weighted by Crippen LogP contribution is 2.25. The van der Waals surface area contributed by atoms with Crippen molar-refractivity contribution in [3.63, 3.8) is 0 Å². The Morgan fingerprint density at radius 3 is 2.21 bits per heavy atom. The first-order valence-corrected chi connectivity index (χ1v) is 14.8. The Labute approximate surface area is 240 Å². The van der Waals surface area contributed by atoms with Gasteiger partial charge in [-0.1, -0.05) is 84.2 Å². The summed E-state index contributed by atoms with van der Waals surface area (Å²) in [6.45, 7) is 3.83. The fourth-order valence-corrected chi connectivity index (χ4v) is 5.45. The lowest BCUT2D eigenvalue weighted by molar-refractivity contribution is -0.141. The van der Waals surface area contributed by atoms with Crippen LogP contribution in [0.2, 0.25) is 10.0 Å². The van der Waals surface area contributed by atoms with Gasteiger partial charge in [-0.15, -0.1) is 0 Å². The normalized spacial score (nSPS) is 12.3. The number of rotatable bonds is 12. The van der Waals surface area contributed by atoms with Crippen LogP contribution < -0.4 is 5.32 Å². The summed E-state index contributed by atoms with van der Waals surface area (Å²) < 4.78 is 27.4. The maximum absolute atomic E-state index is 13.8. The van der Waals surface area contributed by atoms with Gasteiger partial charge in [0.1, 0.15) is 6.04 Å². The van der Waals surface area contributed by atoms with Crippen LogP contribution in [-0.2, 0) is 32.6 Å². The monoisotopic (exact) mass is 589 g/mol. The van der Waals surface area contributed by atoms with Crippen LogP contribution in [0.25, 0.3) is 0 Å². The van der Waals surface area contributed by atoms with Gasteiger partial charge in [-0.05, 0) is 48.7 Å². The fraction of sp³-hybridized carbons (Fsp3) is 0.310. The Kier molecular flexibility index (Phi) is 10.9. The number of nitrogens with zero attached hydrogens (tertiary/aromatic N) is 2. The molecule has 1 N–H and O–H groups in total. The van der Waals surface area contributed by atoms with Crippen LogP contribution in [0, 0.1) is 6.92 Å². The summed E-state index contributed by atoms with van der Waals surface area (Å²) in [5, 5.41) is 3.58. The topological polar surface area (TPSA) is 86.8 Å². The molecule has 208 valence electrons. The third-order valence-electron chi connectivity index (χ3n) is 6.24. The fourth-order valence-electron chi connectivity index (χ4n) is 4.01. The van der Waals surface area contributed by atoms with E-state index in [0.29, 0.717) is 22.2 Å². The first-order valence-electron chi connectivity index (χ1n) is 12.6. The molecule has 10 heteroatoms. The van der Waals surface area contributed by atoms with E-state index in [1.165, 1.54) is 24.1 Å². The number of carbonyl (C=O) groups excluding carboxylic acids is 2. The standard InChI is InChI=1S/C29H33Cl2N3O4S/c1-4-16-32-29(36)27(18-22-8-6-5-7-9-22)34(19-23-12-15-25(30)26(31)17-23)28(35)20-33(3)39(37,38)24-13-10-21(2)11-14-24/h5-15,17,27H,4,16,18-20H2,1-3H3,(H,32,36)/t27-/m1/s1. The number of likely N-dealkylation sites (N-methyl/N-ethyl adjacent to an activating group) is 1. The number of nitrogens with one attached hydrogen (secondary N) is 1. The molecular weight excluding hydrogens is 557 g/mol. The lowest BCUT2D eigenvalue weighted by Crippen LogP contribution is -2.53. The zero-order chi connectivity index (χ0) is 28.6. The van der Waals surface area contributed by atoms with Gasteiger partial charge in [0.2, 0.25) is 21.8 Å². The van der Waals surface area contributed by atoms with Gasteiger partial charge >= 0.3 is 0 Å². The summed E-state index contributed by atoms with van der Waals surface area (Å²) in [6.07, 6.45) is 0.972. The van der Waals surface area contributed by atoms with Crippen molar-refractivity contribution in [1.82, 2.24) is 14.5 Å². The SMILES string of the molecule is CCCNC(=O)[C@@H](Cc1ccccc1)N(Cc1ccc(Cl)c(Cl)c1)C(=O)CN(C)S(=O)(=O)c1ccc(C)cc1. The molecule has 0 aromatic heterocycles. The number of amides is 2. The maximum atomic E-state index is 13.8. The van der Waals surface area contributed by atoms with Crippen LogP contribution in [0.3, 0.4) is 0 Å². The Hall–Kier alpha value is -2.91. The summed E-state index contributed by atoms with van der Waals surface area (Å²) in [6, 6.07) is 19.9. The molecule has 3 aromatic carbocycles. The molecule has 1 atom stereocenters. The number of halogens is 2. The molecule has 0 spiro atoms. The molecule has 0 radical (unpaired) electrons. The minimum Gasteiger partial charge on any atom is -0.354 e. The molecule has 7 nitrogen and oxygen atoms in total. The Bertz CT molecular complexity index is 1380. The van der Waals surface area contributed by atoms with Gasteiger partial charge < -0.3 is 10.2 Å². The van der Waals surface area contributed by atoms with Gasteiger partial charge in [-0.25, -0.2) is 8.42 Å². The predicted molar refractivity (Wildman–Crippen MR) is 155 cm³/mol. The smallest absolute Gasteiger partial charge is 0.243 e. The minimum absolute atomic E-state index is 0.0329. The van der Waals surface area contributed by atoms with Crippen molar-refractivity contribution in [2.45, 2.75) is 44.2 Å². The number of sulfonamides is 1. The van der Waals surface area contributed by atoms with E-state index in [4.69, 9.17) is 23.2 Å². The molecule has 0 aliphatic heterocycles. The third kappa shape index (κ3) is 8.29. The molecule has 2 amide bonds. The van der Waals surface area contributed by atoms with Gasteiger partial charge in [0.15, 0.2) is 0 Å².